The molecular formula is C7H7BrZn. The Hall–Kier alpha value is 0.323. The van der Waals surface area contributed by atoms with E-state index in [1.54, 1.807) is 0 Å². The van der Waals surface area contributed by atoms with Gasteiger partial charge in [0.2, 0.25) is 0 Å². The van der Waals surface area contributed by atoms with Gasteiger partial charge in [-0.05, 0) is 0 Å². The zero-order valence-electron chi connectivity index (χ0n) is 5.39. The summed E-state index contributed by atoms with van der Waals surface area (Å²) in [6, 6.07) is 8.49. The van der Waals surface area contributed by atoms with Crippen LogP contribution in [0.3, 0.4) is 0 Å². The van der Waals surface area contributed by atoms with Gasteiger partial charge in [0.25, 0.3) is 0 Å². The van der Waals surface area contributed by atoms with E-state index < -0.39 is 0 Å². The van der Waals surface area contributed by atoms with Gasteiger partial charge in [-0.15, -0.1) is 0 Å². The molecule has 9 heavy (non-hydrogen) atoms. The zero-order chi connectivity index (χ0) is 5.98. The fraction of sp³-hybridized carbons (Fsp3) is 0.143. The molecule has 0 fully saturated rings. The third-order valence-corrected chi connectivity index (χ3v) is 2.93. The number of hydrogen-bond acceptors (Lipinski definition) is 0. The van der Waals surface area contributed by atoms with E-state index in [1.807, 2.05) is 0 Å². The number of halogens is 1. The van der Waals surface area contributed by atoms with Crippen LogP contribution in [0.1, 0.15) is 5.56 Å². The minimum absolute atomic E-state index is 0. The largest absolute Gasteiger partial charge is 1.00 e. The van der Waals surface area contributed by atoms with Crippen LogP contribution in [0.4, 0.5) is 0 Å². The molecule has 0 amide bonds. The van der Waals surface area contributed by atoms with Crippen LogP contribution in [0.15, 0.2) is 24.3 Å². The Labute approximate surface area is 76.1 Å². The van der Waals surface area contributed by atoms with Crippen molar-refractivity contribution in [3.8, 4) is 0 Å². The molecule has 0 spiro atoms. The molecule has 0 unspecified atom stereocenters. The Morgan fingerprint density at radius 1 is 1.22 bits per heavy atom. The maximum absolute atomic E-state index is 2.18. The number of rotatable bonds is 0. The van der Waals surface area contributed by atoms with Crippen LogP contribution in [0.2, 0.25) is 0 Å². The SMILES string of the molecule is Cc1cccc[c]1[Zn+].[Br-]. The molecule has 44 valence electrons. The van der Waals surface area contributed by atoms with Gasteiger partial charge >= 0.3 is 59.2 Å². The quantitative estimate of drug-likeness (QED) is 0.465. The van der Waals surface area contributed by atoms with Gasteiger partial charge in [0.1, 0.15) is 0 Å². The summed E-state index contributed by atoms with van der Waals surface area (Å²) in [5.74, 6) is 0. The summed E-state index contributed by atoms with van der Waals surface area (Å²) in [7, 11) is 0. The Morgan fingerprint density at radius 3 is 2.11 bits per heavy atom. The van der Waals surface area contributed by atoms with Gasteiger partial charge in [0, 0.05) is 0 Å². The number of hydrogen-bond donors (Lipinski definition) is 0. The van der Waals surface area contributed by atoms with Crippen LogP contribution < -0.4 is 21.1 Å². The maximum Gasteiger partial charge on any atom is -1.00 e. The van der Waals surface area contributed by atoms with Gasteiger partial charge in [-0.1, -0.05) is 0 Å². The Bertz CT molecular complexity index is 165. The summed E-state index contributed by atoms with van der Waals surface area (Å²) in [4.78, 5) is 0. The van der Waals surface area contributed by atoms with Crippen LogP contribution in [0.5, 0.6) is 0 Å². The van der Waals surface area contributed by atoms with Crippen molar-refractivity contribution in [3.63, 3.8) is 0 Å². The number of benzene rings is 1. The monoisotopic (exact) mass is 234 g/mol. The minimum Gasteiger partial charge on any atom is -1.00 e. The molecule has 0 N–H and O–H groups in total. The van der Waals surface area contributed by atoms with Gasteiger partial charge in [0.05, 0.1) is 0 Å². The molecule has 2 heteroatoms. The Balaban J connectivity index is 0.000000640. The first-order valence-corrected chi connectivity index (χ1v) is 4.16. The van der Waals surface area contributed by atoms with Crippen LogP contribution in [0.25, 0.3) is 0 Å². The van der Waals surface area contributed by atoms with Gasteiger partial charge in [-0.2, -0.15) is 0 Å². The van der Waals surface area contributed by atoms with Crippen molar-refractivity contribution in [1.29, 1.82) is 0 Å². The van der Waals surface area contributed by atoms with E-state index in [0.717, 1.165) is 0 Å². The average Bonchev–Trinajstić information content (AvgIpc) is 1.77. The summed E-state index contributed by atoms with van der Waals surface area (Å²) in [5, 5.41) is 0. The van der Waals surface area contributed by atoms with E-state index in [1.165, 1.54) is 28.0 Å². The molecule has 0 aliphatic rings. The first-order valence-electron chi connectivity index (χ1n) is 2.68. The molecule has 0 saturated heterocycles. The zero-order valence-corrected chi connectivity index (χ0v) is 9.95. The second-order valence-electron chi connectivity index (χ2n) is 1.93. The molecule has 0 radical (unpaired) electrons. The normalized spacial score (nSPS) is 8.33. The molecule has 1 aromatic carbocycles. The first-order chi connectivity index (χ1) is 3.80. The Kier molecular flexibility index (Phi) is 4.34. The maximum atomic E-state index is 2.18. The van der Waals surface area contributed by atoms with E-state index in [0.29, 0.717) is 0 Å². The van der Waals surface area contributed by atoms with Gasteiger partial charge < -0.3 is 17.0 Å². The summed E-state index contributed by atoms with van der Waals surface area (Å²) in [5.41, 5.74) is 1.42. The van der Waals surface area contributed by atoms with Crippen molar-refractivity contribution < 1.29 is 35.3 Å². The van der Waals surface area contributed by atoms with Gasteiger partial charge in [-0.25, -0.2) is 0 Å². The van der Waals surface area contributed by atoms with Crippen molar-refractivity contribution in [1.82, 2.24) is 0 Å². The molecular weight excluding hydrogens is 229 g/mol. The average molecular weight is 236 g/mol. The van der Waals surface area contributed by atoms with E-state index in [4.69, 9.17) is 0 Å². The summed E-state index contributed by atoms with van der Waals surface area (Å²) in [6.45, 7) is 2.15. The molecule has 0 aromatic heterocycles. The molecule has 1 rings (SSSR count). The molecule has 0 aliphatic carbocycles. The summed E-state index contributed by atoms with van der Waals surface area (Å²) < 4.78 is 1.49. The van der Waals surface area contributed by atoms with E-state index in [2.05, 4.69) is 31.2 Å². The van der Waals surface area contributed by atoms with Gasteiger partial charge in [0.15, 0.2) is 0 Å². The minimum atomic E-state index is 0. The predicted octanol–water partition coefficient (Wildman–Crippen LogP) is -1.83. The van der Waals surface area contributed by atoms with Crippen LogP contribution in [0, 0.1) is 6.92 Å². The molecule has 0 saturated carbocycles. The molecule has 0 heterocycles. The third-order valence-electron chi connectivity index (χ3n) is 1.26. The van der Waals surface area contributed by atoms with Crippen molar-refractivity contribution in [2.45, 2.75) is 6.92 Å². The number of aryl methyl sites for hydroxylation is 1. The molecule has 0 nitrogen and oxygen atoms in total. The van der Waals surface area contributed by atoms with E-state index in [9.17, 15) is 0 Å². The summed E-state index contributed by atoms with van der Waals surface area (Å²) in [6.07, 6.45) is 0. The molecule has 0 aliphatic heterocycles. The van der Waals surface area contributed by atoms with Crippen molar-refractivity contribution in [2.24, 2.45) is 0 Å². The molecule has 0 atom stereocenters. The topological polar surface area (TPSA) is 0 Å². The standard InChI is InChI=1S/C7H7.BrH.Zn/c1-7-5-3-2-4-6-7;;/h2-5H,1H3;1H;/q;;+1/p-1. The van der Waals surface area contributed by atoms with Crippen molar-refractivity contribution in [2.75, 3.05) is 0 Å². The van der Waals surface area contributed by atoms with Crippen molar-refractivity contribution in [3.05, 3.63) is 29.8 Å². The third kappa shape index (κ3) is 2.60. The van der Waals surface area contributed by atoms with E-state index in [-0.39, 0.29) is 17.0 Å². The summed E-state index contributed by atoms with van der Waals surface area (Å²) >= 11 is 1.27. The van der Waals surface area contributed by atoms with Gasteiger partial charge in [-0.3, -0.25) is 0 Å². The Morgan fingerprint density at radius 2 is 1.78 bits per heavy atom. The molecule has 0 bridgehead atoms. The first kappa shape index (κ1) is 9.32. The molecule has 1 aromatic rings. The fourth-order valence-corrected chi connectivity index (χ4v) is 1.14. The van der Waals surface area contributed by atoms with Crippen LogP contribution in [-0.2, 0) is 18.3 Å². The second-order valence-corrected chi connectivity index (χ2v) is 3.52. The fourth-order valence-electron chi connectivity index (χ4n) is 0.610. The smallest absolute Gasteiger partial charge is 1.00 e. The van der Waals surface area contributed by atoms with Crippen LogP contribution >= 0.6 is 0 Å². The predicted molar refractivity (Wildman–Crippen MR) is 30.8 cm³/mol. The second kappa shape index (κ2) is 4.19. The van der Waals surface area contributed by atoms with E-state index >= 15 is 0 Å². The van der Waals surface area contributed by atoms with Crippen LogP contribution in [-0.4, -0.2) is 0 Å². The van der Waals surface area contributed by atoms with Crippen molar-refractivity contribution >= 4 is 4.16 Å².